The van der Waals surface area contributed by atoms with Gasteiger partial charge in [0.2, 0.25) is 0 Å². The van der Waals surface area contributed by atoms with Gasteiger partial charge in [-0.1, -0.05) is 6.92 Å². The quantitative estimate of drug-likeness (QED) is 0.857. The monoisotopic (exact) mass is 349 g/mol. The second-order valence-electron chi connectivity index (χ2n) is 6.55. The molecule has 132 valence electrons. The third-order valence-corrected chi connectivity index (χ3v) is 6.17. The van der Waals surface area contributed by atoms with Crippen molar-refractivity contribution in [1.29, 1.82) is 0 Å². The third-order valence-electron chi connectivity index (χ3n) is 5.07. The van der Waals surface area contributed by atoms with E-state index >= 15 is 0 Å². The first-order valence-corrected chi connectivity index (χ1v) is 9.44. The van der Waals surface area contributed by atoms with Crippen molar-refractivity contribution < 1.29 is 5.11 Å². The summed E-state index contributed by atoms with van der Waals surface area (Å²) >= 11 is 1.69. The van der Waals surface area contributed by atoms with Crippen LogP contribution in [0.5, 0.6) is 0 Å². The number of rotatable bonds is 5. The summed E-state index contributed by atoms with van der Waals surface area (Å²) in [6.45, 7) is 11.2. The lowest BCUT2D eigenvalue weighted by Crippen LogP contribution is -2.50. The molecule has 1 aliphatic heterocycles. The summed E-state index contributed by atoms with van der Waals surface area (Å²) in [7, 11) is 0. The third kappa shape index (κ3) is 3.39. The Bertz CT molecular complexity index is 705. The predicted octanol–water partition coefficient (Wildman–Crippen LogP) is 1.78. The number of nitrogens with zero attached hydrogens (tertiary/aromatic N) is 4. The molecule has 2 aromatic heterocycles. The van der Waals surface area contributed by atoms with Crippen LogP contribution in [-0.2, 0) is 6.54 Å². The summed E-state index contributed by atoms with van der Waals surface area (Å²) in [5.74, 6) is 1.41. The number of fused-ring (bicyclic) bond motifs is 1. The molecule has 3 heterocycles. The smallest absolute Gasteiger partial charge is 0.146 e. The van der Waals surface area contributed by atoms with E-state index in [0.29, 0.717) is 5.82 Å². The zero-order valence-electron chi connectivity index (χ0n) is 14.7. The molecule has 1 atom stereocenters. The van der Waals surface area contributed by atoms with Gasteiger partial charge >= 0.3 is 0 Å². The minimum Gasteiger partial charge on any atom is -0.395 e. The second-order valence-corrected chi connectivity index (χ2v) is 7.75. The molecule has 0 radical (unpaired) electrons. The fourth-order valence-corrected chi connectivity index (χ4v) is 4.44. The molecule has 1 fully saturated rings. The number of nitrogens with two attached hydrogens (primary N) is 1. The lowest BCUT2D eigenvalue weighted by Gasteiger charge is -2.38. The van der Waals surface area contributed by atoms with Gasteiger partial charge in [-0.25, -0.2) is 9.97 Å². The fourth-order valence-electron chi connectivity index (χ4n) is 3.39. The summed E-state index contributed by atoms with van der Waals surface area (Å²) in [4.78, 5) is 16.3. The van der Waals surface area contributed by atoms with E-state index in [-0.39, 0.29) is 12.6 Å². The van der Waals surface area contributed by atoms with Gasteiger partial charge in [0.15, 0.2) is 0 Å². The highest BCUT2D eigenvalue weighted by Gasteiger charge is 2.23. The van der Waals surface area contributed by atoms with Crippen LogP contribution >= 0.6 is 11.3 Å². The molecule has 0 amide bonds. The van der Waals surface area contributed by atoms with Gasteiger partial charge in [0, 0.05) is 37.1 Å². The van der Waals surface area contributed by atoms with Crippen molar-refractivity contribution in [1.82, 2.24) is 19.8 Å². The van der Waals surface area contributed by atoms with Gasteiger partial charge in [-0.2, -0.15) is 0 Å². The summed E-state index contributed by atoms with van der Waals surface area (Å²) in [5, 5.41) is 10.5. The van der Waals surface area contributed by atoms with E-state index in [4.69, 9.17) is 10.7 Å². The first-order valence-electron chi connectivity index (χ1n) is 8.62. The van der Waals surface area contributed by atoms with Gasteiger partial charge in [-0.3, -0.25) is 9.80 Å². The van der Waals surface area contributed by atoms with Gasteiger partial charge < -0.3 is 10.8 Å². The second kappa shape index (κ2) is 7.31. The number of hydrogen-bond acceptors (Lipinski definition) is 7. The highest BCUT2D eigenvalue weighted by Crippen LogP contribution is 2.32. The summed E-state index contributed by atoms with van der Waals surface area (Å²) in [6, 6.07) is 0.285. The van der Waals surface area contributed by atoms with Crippen molar-refractivity contribution in [3.05, 3.63) is 16.3 Å². The van der Waals surface area contributed by atoms with Crippen LogP contribution < -0.4 is 5.73 Å². The van der Waals surface area contributed by atoms with Crippen molar-refractivity contribution in [2.24, 2.45) is 0 Å². The SMILES string of the molecule is CCC(CO)N1CCN(Cc2nc(N)c3c(C)c(C)sc3n2)CC1. The average molecular weight is 350 g/mol. The molecule has 24 heavy (non-hydrogen) atoms. The topological polar surface area (TPSA) is 78.5 Å². The van der Waals surface area contributed by atoms with Gasteiger partial charge in [-0.05, 0) is 25.8 Å². The number of aromatic nitrogens is 2. The largest absolute Gasteiger partial charge is 0.395 e. The fraction of sp³-hybridized carbons (Fsp3) is 0.647. The maximum Gasteiger partial charge on any atom is 0.146 e. The van der Waals surface area contributed by atoms with Crippen molar-refractivity contribution in [2.75, 3.05) is 38.5 Å². The Balaban J connectivity index is 1.68. The molecular weight excluding hydrogens is 322 g/mol. The van der Waals surface area contributed by atoms with Crippen LogP contribution in [0.4, 0.5) is 5.82 Å². The van der Waals surface area contributed by atoms with E-state index < -0.39 is 0 Å². The molecule has 0 aromatic carbocycles. The van der Waals surface area contributed by atoms with E-state index in [1.54, 1.807) is 11.3 Å². The molecule has 3 rings (SSSR count). The molecule has 1 saturated heterocycles. The van der Waals surface area contributed by atoms with Crippen LogP contribution in [0, 0.1) is 13.8 Å². The van der Waals surface area contributed by atoms with Gasteiger partial charge in [0.25, 0.3) is 0 Å². The molecule has 1 aliphatic rings. The highest BCUT2D eigenvalue weighted by molar-refractivity contribution is 7.18. The number of nitrogen functional groups attached to an aromatic ring is 1. The molecule has 3 N–H and O–H groups in total. The number of aryl methyl sites for hydroxylation is 2. The molecule has 0 saturated carbocycles. The minimum atomic E-state index is 0.240. The number of anilines is 1. The van der Waals surface area contributed by atoms with Crippen LogP contribution in [-0.4, -0.2) is 63.7 Å². The first-order chi connectivity index (χ1) is 11.5. The average Bonchev–Trinajstić information content (AvgIpc) is 2.85. The van der Waals surface area contributed by atoms with Gasteiger partial charge in [0.1, 0.15) is 16.5 Å². The first kappa shape index (κ1) is 17.5. The van der Waals surface area contributed by atoms with Crippen LogP contribution in [0.3, 0.4) is 0 Å². The summed E-state index contributed by atoms with van der Waals surface area (Å²) < 4.78 is 0. The van der Waals surface area contributed by atoms with Gasteiger partial charge in [0.05, 0.1) is 18.5 Å². The standard InChI is InChI=1S/C17H27N5OS/c1-4-13(10-23)22-7-5-21(6-8-22)9-14-19-16(18)15-11(2)12(3)24-17(15)20-14/h13,23H,4-10H2,1-3H3,(H2,18,19,20). The normalized spacial score (nSPS) is 18.3. The Labute approximate surface area is 147 Å². The van der Waals surface area contributed by atoms with E-state index in [2.05, 4.69) is 35.6 Å². The lowest BCUT2D eigenvalue weighted by atomic mass is 10.1. The van der Waals surface area contributed by atoms with Crippen molar-refractivity contribution >= 4 is 27.4 Å². The molecule has 7 heteroatoms. The molecule has 0 bridgehead atoms. The zero-order valence-corrected chi connectivity index (χ0v) is 15.6. The van der Waals surface area contributed by atoms with Gasteiger partial charge in [-0.15, -0.1) is 11.3 Å². The molecule has 1 unspecified atom stereocenters. The Kier molecular flexibility index (Phi) is 5.34. The zero-order chi connectivity index (χ0) is 17.3. The molecule has 0 spiro atoms. The molecule has 2 aromatic rings. The predicted molar refractivity (Wildman–Crippen MR) is 99.3 cm³/mol. The van der Waals surface area contributed by atoms with Crippen LogP contribution in [0.15, 0.2) is 0 Å². The lowest BCUT2D eigenvalue weighted by molar-refractivity contribution is 0.0599. The number of hydrogen-bond donors (Lipinski definition) is 2. The number of aliphatic hydroxyl groups excluding tert-OH is 1. The maximum atomic E-state index is 9.45. The number of aliphatic hydroxyl groups is 1. The molecule has 0 aliphatic carbocycles. The van der Waals surface area contributed by atoms with Crippen molar-refractivity contribution in [3.63, 3.8) is 0 Å². The molecular formula is C17H27N5OS. The van der Waals surface area contributed by atoms with Crippen LogP contribution in [0.25, 0.3) is 10.2 Å². The van der Waals surface area contributed by atoms with Crippen molar-refractivity contribution in [3.8, 4) is 0 Å². The summed E-state index contributed by atoms with van der Waals surface area (Å²) in [5.41, 5.74) is 7.37. The van der Waals surface area contributed by atoms with E-state index in [1.165, 1.54) is 10.4 Å². The Morgan fingerprint density at radius 1 is 1.21 bits per heavy atom. The Hall–Kier alpha value is -1.28. The maximum absolute atomic E-state index is 9.45. The number of thiophene rings is 1. The van der Waals surface area contributed by atoms with Crippen LogP contribution in [0.1, 0.15) is 29.6 Å². The Morgan fingerprint density at radius 3 is 2.54 bits per heavy atom. The van der Waals surface area contributed by atoms with Crippen LogP contribution in [0.2, 0.25) is 0 Å². The molecule has 6 nitrogen and oxygen atoms in total. The van der Waals surface area contributed by atoms with E-state index in [9.17, 15) is 5.11 Å². The minimum absolute atomic E-state index is 0.240. The van der Waals surface area contributed by atoms with Crippen molar-refractivity contribution in [2.45, 2.75) is 39.8 Å². The highest BCUT2D eigenvalue weighted by atomic mass is 32.1. The number of piperazine rings is 1. The van der Waals surface area contributed by atoms with E-state index in [1.807, 2.05) is 0 Å². The Morgan fingerprint density at radius 2 is 1.92 bits per heavy atom. The van der Waals surface area contributed by atoms with E-state index in [0.717, 1.165) is 55.2 Å². The summed E-state index contributed by atoms with van der Waals surface area (Å²) in [6.07, 6.45) is 0.990.